The number of non-ortho nitro benzene ring substituents is 1. The number of nitro groups is 1. The molecule has 1 aliphatic carbocycles. The molecule has 0 aromatic heterocycles. The fraction of sp³-hybridized carbons (Fsp3) is 0.310. The first-order valence-corrected chi connectivity index (χ1v) is 12.1. The molecule has 3 aromatic rings. The molecule has 35 heavy (non-hydrogen) atoms. The molecule has 6 heteroatoms. The predicted octanol–water partition coefficient (Wildman–Crippen LogP) is 7.09. The van der Waals surface area contributed by atoms with Crippen molar-refractivity contribution in [2.45, 2.75) is 58.8 Å². The van der Waals surface area contributed by atoms with E-state index >= 15 is 0 Å². The van der Waals surface area contributed by atoms with Gasteiger partial charge in [-0.25, -0.2) is 4.79 Å². The van der Waals surface area contributed by atoms with Crippen LogP contribution in [0.4, 0.5) is 5.69 Å². The van der Waals surface area contributed by atoms with Gasteiger partial charge in [0.1, 0.15) is 5.71 Å². The molecule has 0 saturated heterocycles. The van der Waals surface area contributed by atoms with Gasteiger partial charge in [-0.1, -0.05) is 68.2 Å². The maximum absolute atomic E-state index is 11.6. The van der Waals surface area contributed by atoms with E-state index in [4.69, 9.17) is 4.84 Å². The second-order valence-corrected chi connectivity index (χ2v) is 9.17. The van der Waals surface area contributed by atoms with Crippen molar-refractivity contribution >= 4 is 17.4 Å². The van der Waals surface area contributed by atoms with Crippen molar-refractivity contribution in [1.29, 1.82) is 0 Å². The third-order valence-electron chi connectivity index (χ3n) is 6.85. The van der Waals surface area contributed by atoms with Gasteiger partial charge in [0.25, 0.3) is 5.69 Å². The lowest BCUT2D eigenvalue weighted by molar-refractivity contribution is -0.384. The third kappa shape index (κ3) is 4.36. The number of hydrogen-bond donors (Lipinski definition) is 0. The first-order valence-electron chi connectivity index (χ1n) is 12.1. The number of fused-ring (bicyclic) bond motifs is 3. The second-order valence-electron chi connectivity index (χ2n) is 9.17. The molecule has 3 aromatic carbocycles. The molecule has 0 amide bonds. The Bertz CT molecular complexity index is 1320. The molecule has 0 radical (unpaired) electrons. The normalized spacial score (nSPS) is 13.8. The van der Waals surface area contributed by atoms with E-state index in [1.807, 2.05) is 43.3 Å². The SMILES string of the molecule is CCCC1(CCC)c2cc(C(=NOC(C)=O)c3ccccc3C)ccc2-c2ccc([N+](=O)[O-])cc21. The first-order chi connectivity index (χ1) is 16.8. The van der Waals surface area contributed by atoms with Gasteiger partial charge in [0.2, 0.25) is 0 Å². The first kappa shape index (κ1) is 24.3. The molecular weight excluding hydrogens is 440 g/mol. The van der Waals surface area contributed by atoms with Crippen LogP contribution in [0.2, 0.25) is 0 Å². The Labute approximate surface area is 205 Å². The van der Waals surface area contributed by atoms with Crippen LogP contribution in [0.25, 0.3) is 11.1 Å². The van der Waals surface area contributed by atoms with Crippen LogP contribution in [0, 0.1) is 17.0 Å². The molecule has 1 aliphatic rings. The van der Waals surface area contributed by atoms with Gasteiger partial charge < -0.3 is 4.84 Å². The van der Waals surface area contributed by atoms with Gasteiger partial charge in [-0.3, -0.25) is 10.1 Å². The Morgan fingerprint density at radius 1 is 0.971 bits per heavy atom. The lowest BCUT2D eigenvalue weighted by atomic mass is 9.71. The zero-order valence-electron chi connectivity index (χ0n) is 20.6. The van der Waals surface area contributed by atoms with Crippen molar-refractivity contribution in [2.75, 3.05) is 0 Å². The van der Waals surface area contributed by atoms with E-state index in [0.29, 0.717) is 5.71 Å². The topological polar surface area (TPSA) is 81.8 Å². The molecule has 0 aliphatic heterocycles. The molecule has 0 unspecified atom stereocenters. The molecule has 6 nitrogen and oxygen atoms in total. The molecule has 180 valence electrons. The quantitative estimate of drug-likeness (QED) is 0.152. The Hall–Kier alpha value is -3.80. The lowest BCUT2D eigenvalue weighted by Gasteiger charge is -2.32. The number of benzene rings is 3. The highest BCUT2D eigenvalue weighted by Crippen LogP contribution is 2.54. The van der Waals surface area contributed by atoms with E-state index in [9.17, 15) is 14.9 Å². The lowest BCUT2D eigenvalue weighted by Crippen LogP contribution is -2.25. The number of carbonyl (C=O) groups is 1. The fourth-order valence-corrected chi connectivity index (χ4v) is 5.47. The summed E-state index contributed by atoms with van der Waals surface area (Å²) in [5, 5.41) is 15.9. The minimum atomic E-state index is -0.483. The monoisotopic (exact) mass is 470 g/mol. The molecule has 4 rings (SSSR count). The summed E-state index contributed by atoms with van der Waals surface area (Å²) in [6, 6.07) is 19.3. The number of carbonyl (C=O) groups excluding carboxylic acids is 1. The summed E-state index contributed by atoms with van der Waals surface area (Å²) in [6.45, 7) is 7.63. The average molecular weight is 471 g/mol. The second kappa shape index (κ2) is 9.82. The van der Waals surface area contributed by atoms with Gasteiger partial charge in [-0.15, -0.1) is 0 Å². The number of nitro benzene ring substituents is 1. The van der Waals surface area contributed by atoms with Crippen LogP contribution in [0.1, 0.15) is 74.3 Å². The third-order valence-corrected chi connectivity index (χ3v) is 6.85. The van der Waals surface area contributed by atoms with Crippen LogP contribution in [0.5, 0.6) is 0 Å². The van der Waals surface area contributed by atoms with Crippen LogP contribution in [0.3, 0.4) is 0 Å². The Balaban J connectivity index is 1.96. The summed E-state index contributed by atoms with van der Waals surface area (Å²) >= 11 is 0. The summed E-state index contributed by atoms with van der Waals surface area (Å²) in [7, 11) is 0. The standard InChI is InChI=1S/C29H30N2O4/c1-5-15-29(16-6-2)26-17-21(28(30-35-20(4)32)23-10-8-7-9-19(23)3)11-13-24(26)25-14-12-22(31(33)34)18-27(25)29/h7-14,17-18H,5-6,15-16H2,1-4H3. The molecule has 0 N–H and O–H groups in total. The average Bonchev–Trinajstić information content (AvgIpc) is 3.09. The van der Waals surface area contributed by atoms with Gasteiger partial charge in [-0.05, 0) is 59.7 Å². The zero-order chi connectivity index (χ0) is 25.2. The Morgan fingerprint density at radius 3 is 2.20 bits per heavy atom. The van der Waals surface area contributed by atoms with Crippen LogP contribution < -0.4 is 0 Å². The summed E-state index contributed by atoms with van der Waals surface area (Å²) < 4.78 is 0. The predicted molar refractivity (Wildman–Crippen MR) is 138 cm³/mol. The maximum Gasteiger partial charge on any atom is 0.332 e. The van der Waals surface area contributed by atoms with Gasteiger partial charge in [0.15, 0.2) is 0 Å². The van der Waals surface area contributed by atoms with Gasteiger partial charge >= 0.3 is 5.97 Å². The Kier molecular flexibility index (Phi) is 6.83. The van der Waals surface area contributed by atoms with Crippen LogP contribution in [-0.4, -0.2) is 16.6 Å². The minimum Gasteiger partial charge on any atom is -0.318 e. The summed E-state index contributed by atoms with van der Waals surface area (Å²) in [4.78, 5) is 28.0. The largest absolute Gasteiger partial charge is 0.332 e. The molecule has 0 saturated carbocycles. The highest BCUT2D eigenvalue weighted by molar-refractivity contribution is 6.14. The van der Waals surface area contributed by atoms with Crippen molar-refractivity contribution in [3.05, 3.63) is 98.6 Å². The van der Waals surface area contributed by atoms with E-state index in [1.165, 1.54) is 6.92 Å². The maximum atomic E-state index is 11.6. The van der Waals surface area contributed by atoms with Crippen molar-refractivity contribution in [3.63, 3.8) is 0 Å². The molecule has 0 bridgehead atoms. The van der Waals surface area contributed by atoms with Crippen molar-refractivity contribution < 1.29 is 14.6 Å². The number of aryl methyl sites for hydroxylation is 1. The van der Waals surface area contributed by atoms with E-state index in [0.717, 1.165) is 64.6 Å². The molecule has 0 fully saturated rings. The van der Waals surface area contributed by atoms with Gasteiger partial charge in [0, 0.05) is 35.6 Å². The number of nitrogens with zero attached hydrogens (tertiary/aromatic N) is 2. The highest BCUT2D eigenvalue weighted by Gasteiger charge is 2.43. The summed E-state index contributed by atoms with van der Waals surface area (Å²) in [5.74, 6) is -0.483. The van der Waals surface area contributed by atoms with E-state index in [1.54, 1.807) is 12.1 Å². The van der Waals surface area contributed by atoms with Crippen LogP contribution in [0.15, 0.2) is 65.8 Å². The highest BCUT2D eigenvalue weighted by atomic mass is 16.7. The van der Waals surface area contributed by atoms with E-state index in [2.05, 4.69) is 31.1 Å². The summed E-state index contributed by atoms with van der Waals surface area (Å²) in [6.07, 6.45) is 3.65. The van der Waals surface area contributed by atoms with E-state index in [-0.39, 0.29) is 16.0 Å². The minimum absolute atomic E-state index is 0.116. The van der Waals surface area contributed by atoms with Crippen molar-refractivity contribution in [2.24, 2.45) is 5.16 Å². The van der Waals surface area contributed by atoms with Crippen molar-refractivity contribution in [3.8, 4) is 11.1 Å². The zero-order valence-corrected chi connectivity index (χ0v) is 20.6. The number of rotatable bonds is 8. The molecular formula is C29H30N2O4. The molecule has 0 heterocycles. The number of hydrogen-bond acceptors (Lipinski definition) is 5. The van der Waals surface area contributed by atoms with Gasteiger partial charge in [-0.2, -0.15) is 0 Å². The number of oxime groups is 1. The summed E-state index contributed by atoms with van der Waals surface area (Å²) in [5.41, 5.74) is 7.45. The molecule has 0 atom stereocenters. The van der Waals surface area contributed by atoms with Gasteiger partial charge in [0.05, 0.1) is 4.92 Å². The van der Waals surface area contributed by atoms with Crippen molar-refractivity contribution in [1.82, 2.24) is 0 Å². The molecule has 0 spiro atoms. The van der Waals surface area contributed by atoms with E-state index < -0.39 is 5.97 Å². The smallest absolute Gasteiger partial charge is 0.318 e. The fourth-order valence-electron chi connectivity index (χ4n) is 5.47. The van der Waals surface area contributed by atoms with Crippen LogP contribution in [-0.2, 0) is 15.0 Å². The van der Waals surface area contributed by atoms with Crippen LogP contribution >= 0.6 is 0 Å². The Morgan fingerprint density at radius 2 is 1.60 bits per heavy atom.